The second kappa shape index (κ2) is 5.80. The van der Waals surface area contributed by atoms with Gasteiger partial charge in [-0.25, -0.2) is 9.97 Å². The summed E-state index contributed by atoms with van der Waals surface area (Å²) in [5.74, 6) is 1.43. The zero-order valence-corrected chi connectivity index (χ0v) is 12.2. The summed E-state index contributed by atoms with van der Waals surface area (Å²) < 4.78 is 1.07. The van der Waals surface area contributed by atoms with Crippen molar-refractivity contribution in [2.45, 2.75) is 18.8 Å². The fourth-order valence-electron chi connectivity index (χ4n) is 2.44. The van der Waals surface area contributed by atoms with Crippen molar-refractivity contribution in [2.24, 2.45) is 0 Å². The molecule has 1 unspecified atom stereocenters. The maximum Gasteiger partial charge on any atom is 0.132 e. The number of piperidine rings is 1. The minimum absolute atomic E-state index is 0.463. The maximum absolute atomic E-state index is 4.54. The Bertz CT molecular complexity index is 548. The molecule has 4 heteroatoms. The van der Waals surface area contributed by atoms with Crippen LogP contribution in [-0.4, -0.2) is 23.1 Å². The summed E-state index contributed by atoms with van der Waals surface area (Å²) in [6.07, 6.45) is 6.25. The van der Waals surface area contributed by atoms with Gasteiger partial charge < -0.3 is 5.32 Å². The van der Waals surface area contributed by atoms with Crippen molar-refractivity contribution in [3.63, 3.8) is 0 Å². The van der Waals surface area contributed by atoms with E-state index in [0.717, 1.165) is 34.5 Å². The summed E-state index contributed by atoms with van der Waals surface area (Å²) in [6, 6.07) is 8.20. The summed E-state index contributed by atoms with van der Waals surface area (Å²) in [5.41, 5.74) is 2.21. The lowest BCUT2D eigenvalue weighted by Gasteiger charge is -2.21. The molecule has 3 nitrogen and oxygen atoms in total. The Morgan fingerprint density at radius 2 is 2.00 bits per heavy atom. The number of halogens is 1. The van der Waals surface area contributed by atoms with Gasteiger partial charge in [0, 0.05) is 34.9 Å². The molecular formula is C15H16BrN3. The van der Waals surface area contributed by atoms with E-state index in [0.29, 0.717) is 5.92 Å². The van der Waals surface area contributed by atoms with E-state index < -0.39 is 0 Å². The van der Waals surface area contributed by atoms with Gasteiger partial charge >= 0.3 is 0 Å². The van der Waals surface area contributed by atoms with Crippen LogP contribution in [0.4, 0.5) is 0 Å². The van der Waals surface area contributed by atoms with Gasteiger partial charge in [0.1, 0.15) is 5.82 Å². The summed E-state index contributed by atoms with van der Waals surface area (Å²) in [4.78, 5) is 9.08. The first kappa shape index (κ1) is 12.8. The molecule has 0 aliphatic carbocycles. The van der Waals surface area contributed by atoms with Crippen LogP contribution in [0, 0.1) is 0 Å². The van der Waals surface area contributed by atoms with Gasteiger partial charge in [0.15, 0.2) is 0 Å². The number of aromatic nitrogens is 2. The minimum atomic E-state index is 0.463. The first-order chi connectivity index (χ1) is 9.33. The molecule has 3 rings (SSSR count). The van der Waals surface area contributed by atoms with Crippen LogP contribution in [-0.2, 0) is 0 Å². The standard InChI is InChI=1S/C15H16BrN3/c16-14-5-1-3-11(7-14)13-9-18-15(19-10-13)12-4-2-6-17-8-12/h1,3,5,7,9-10,12,17H,2,4,6,8H2. The van der Waals surface area contributed by atoms with Crippen molar-refractivity contribution in [1.82, 2.24) is 15.3 Å². The molecule has 1 aliphatic rings. The molecule has 98 valence electrons. The molecule has 1 fully saturated rings. The van der Waals surface area contributed by atoms with Crippen molar-refractivity contribution in [2.75, 3.05) is 13.1 Å². The molecule has 1 aromatic carbocycles. The quantitative estimate of drug-likeness (QED) is 0.922. The molecule has 2 heterocycles. The Morgan fingerprint density at radius 1 is 1.16 bits per heavy atom. The van der Waals surface area contributed by atoms with Gasteiger partial charge in [0.05, 0.1) is 0 Å². The fourth-order valence-corrected chi connectivity index (χ4v) is 2.84. The molecule has 0 bridgehead atoms. The second-order valence-electron chi connectivity index (χ2n) is 4.88. The molecule has 1 saturated heterocycles. The number of hydrogen-bond acceptors (Lipinski definition) is 3. The van der Waals surface area contributed by atoms with Crippen LogP contribution in [0.5, 0.6) is 0 Å². The van der Waals surface area contributed by atoms with Gasteiger partial charge in [-0.15, -0.1) is 0 Å². The monoisotopic (exact) mass is 317 g/mol. The van der Waals surface area contributed by atoms with E-state index in [1.165, 1.54) is 12.8 Å². The molecular weight excluding hydrogens is 302 g/mol. The molecule has 0 radical (unpaired) electrons. The number of nitrogens with one attached hydrogen (secondary N) is 1. The van der Waals surface area contributed by atoms with Gasteiger partial charge in [-0.05, 0) is 37.1 Å². The number of benzene rings is 1. The molecule has 0 amide bonds. The highest BCUT2D eigenvalue weighted by Gasteiger charge is 2.17. The van der Waals surface area contributed by atoms with Crippen LogP contribution < -0.4 is 5.32 Å². The Kier molecular flexibility index (Phi) is 3.89. The largest absolute Gasteiger partial charge is 0.316 e. The molecule has 1 aromatic heterocycles. The predicted octanol–water partition coefficient (Wildman–Crippen LogP) is 3.37. The van der Waals surface area contributed by atoms with Gasteiger partial charge in [0.2, 0.25) is 0 Å². The van der Waals surface area contributed by atoms with Gasteiger partial charge in [-0.3, -0.25) is 0 Å². The second-order valence-corrected chi connectivity index (χ2v) is 5.80. The van der Waals surface area contributed by atoms with Crippen molar-refractivity contribution in [1.29, 1.82) is 0 Å². The summed E-state index contributed by atoms with van der Waals surface area (Å²) in [7, 11) is 0. The highest BCUT2D eigenvalue weighted by atomic mass is 79.9. The predicted molar refractivity (Wildman–Crippen MR) is 80.0 cm³/mol. The maximum atomic E-state index is 4.54. The Balaban J connectivity index is 1.82. The van der Waals surface area contributed by atoms with Crippen molar-refractivity contribution in [3.8, 4) is 11.1 Å². The molecule has 0 saturated carbocycles. The third-order valence-corrected chi connectivity index (χ3v) is 3.99. The van der Waals surface area contributed by atoms with Gasteiger partial charge in [-0.1, -0.05) is 28.1 Å². The van der Waals surface area contributed by atoms with Crippen molar-refractivity contribution >= 4 is 15.9 Å². The fraction of sp³-hybridized carbons (Fsp3) is 0.333. The lowest BCUT2D eigenvalue weighted by atomic mass is 9.99. The highest BCUT2D eigenvalue weighted by molar-refractivity contribution is 9.10. The van der Waals surface area contributed by atoms with Crippen LogP contribution in [0.3, 0.4) is 0 Å². The molecule has 1 atom stereocenters. The number of nitrogens with zero attached hydrogens (tertiary/aromatic N) is 2. The Morgan fingerprint density at radius 3 is 2.68 bits per heavy atom. The van der Waals surface area contributed by atoms with Crippen LogP contribution in [0.1, 0.15) is 24.6 Å². The van der Waals surface area contributed by atoms with Gasteiger partial charge in [-0.2, -0.15) is 0 Å². The van der Waals surface area contributed by atoms with E-state index in [1.54, 1.807) is 0 Å². The van der Waals surface area contributed by atoms with E-state index in [1.807, 2.05) is 24.5 Å². The van der Waals surface area contributed by atoms with Crippen molar-refractivity contribution in [3.05, 3.63) is 47.0 Å². The van der Waals surface area contributed by atoms with E-state index >= 15 is 0 Å². The molecule has 0 spiro atoms. The summed E-state index contributed by atoms with van der Waals surface area (Å²) in [6.45, 7) is 2.11. The lowest BCUT2D eigenvalue weighted by Crippen LogP contribution is -2.29. The first-order valence-corrected chi connectivity index (χ1v) is 7.41. The molecule has 1 aliphatic heterocycles. The minimum Gasteiger partial charge on any atom is -0.316 e. The van der Waals surface area contributed by atoms with Crippen molar-refractivity contribution < 1.29 is 0 Å². The number of hydrogen-bond donors (Lipinski definition) is 1. The van der Waals surface area contributed by atoms with Crippen LogP contribution in [0.2, 0.25) is 0 Å². The van der Waals surface area contributed by atoms with E-state index in [-0.39, 0.29) is 0 Å². The van der Waals surface area contributed by atoms with Crippen LogP contribution >= 0.6 is 15.9 Å². The Hall–Kier alpha value is -1.26. The SMILES string of the molecule is Brc1cccc(-c2cnc(C3CCCNC3)nc2)c1. The average molecular weight is 318 g/mol. The topological polar surface area (TPSA) is 37.8 Å². The summed E-state index contributed by atoms with van der Waals surface area (Å²) in [5, 5.41) is 3.40. The molecule has 2 aromatic rings. The normalized spacial score (nSPS) is 19.3. The van der Waals surface area contributed by atoms with E-state index in [4.69, 9.17) is 0 Å². The van der Waals surface area contributed by atoms with Crippen LogP contribution in [0.25, 0.3) is 11.1 Å². The van der Waals surface area contributed by atoms with Gasteiger partial charge in [0.25, 0.3) is 0 Å². The molecule has 1 N–H and O–H groups in total. The third kappa shape index (κ3) is 3.01. The zero-order valence-electron chi connectivity index (χ0n) is 10.6. The highest BCUT2D eigenvalue weighted by Crippen LogP contribution is 2.24. The first-order valence-electron chi connectivity index (χ1n) is 6.61. The molecule has 19 heavy (non-hydrogen) atoms. The van der Waals surface area contributed by atoms with E-state index in [9.17, 15) is 0 Å². The summed E-state index contributed by atoms with van der Waals surface area (Å²) >= 11 is 3.49. The zero-order chi connectivity index (χ0) is 13.1. The number of rotatable bonds is 2. The van der Waals surface area contributed by atoms with E-state index in [2.05, 4.69) is 43.3 Å². The average Bonchev–Trinajstić information content (AvgIpc) is 2.48. The lowest BCUT2D eigenvalue weighted by molar-refractivity contribution is 0.446. The third-order valence-electron chi connectivity index (χ3n) is 3.49. The van der Waals surface area contributed by atoms with Crippen LogP contribution in [0.15, 0.2) is 41.1 Å². The Labute approximate surface area is 121 Å². The smallest absolute Gasteiger partial charge is 0.132 e.